The lowest BCUT2D eigenvalue weighted by Gasteiger charge is -2.28. The molecule has 0 radical (unpaired) electrons. The molecule has 18 N–H and O–H groups in total. The summed E-state index contributed by atoms with van der Waals surface area (Å²) >= 11 is 0. The van der Waals surface area contributed by atoms with Crippen LogP contribution in [0.15, 0.2) is 0 Å². The Kier molecular flexibility index (Phi) is 29.9. The average molecular weight is 959 g/mol. The summed E-state index contributed by atoms with van der Waals surface area (Å²) in [5.41, 5.74) is 16.3. The van der Waals surface area contributed by atoms with Crippen LogP contribution >= 0.6 is 0 Å². The molecule has 0 spiro atoms. The van der Waals surface area contributed by atoms with Gasteiger partial charge in [-0.05, 0) is 56.4 Å². The van der Waals surface area contributed by atoms with Gasteiger partial charge in [-0.15, -0.1) is 0 Å². The van der Waals surface area contributed by atoms with Crippen molar-refractivity contribution in [1.29, 1.82) is 0 Å². The maximum Gasteiger partial charge on any atom is 0.245 e. The van der Waals surface area contributed by atoms with E-state index in [9.17, 15) is 63.0 Å². The molecule has 0 fully saturated rings. The number of carbonyl (C=O) groups excluding carboxylic acids is 11. The van der Waals surface area contributed by atoms with Crippen LogP contribution < -0.4 is 65.1 Å². The highest BCUT2D eigenvalue weighted by atomic mass is 16.3. The van der Waals surface area contributed by atoms with Gasteiger partial charge >= 0.3 is 0 Å². The van der Waals surface area contributed by atoms with Gasteiger partial charge in [0, 0.05) is 0 Å². The van der Waals surface area contributed by atoms with E-state index in [0.717, 1.165) is 0 Å². The summed E-state index contributed by atoms with van der Waals surface area (Å²) in [5.74, 6) is -10.3. The van der Waals surface area contributed by atoms with Crippen LogP contribution in [0.5, 0.6) is 0 Å². The highest BCUT2D eigenvalue weighted by molar-refractivity contribution is 5.98. The van der Waals surface area contributed by atoms with Crippen molar-refractivity contribution in [3.8, 4) is 0 Å². The predicted octanol–water partition coefficient (Wildman–Crippen LogP) is -6.74. The molecule has 26 nitrogen and oxygen atoms in total. The number of rotatable bonds is 34. The van der Waals surface area contributed by atoms with Crippen molar-refractivity contribution in [1.82, 2.24) is 47.9 Å². The van der Waals surface area contributed by atoms with Crippen molar-refractivity contribution in [3.63, 3.8) is 0 Å². The monoisotopic (exact) mass is 959 g/mol. The van der Waals surface area contributed by atoms with Gasteiger partial charge in [-0.25, -0.2) is 0 Å². The quantitative estimate of drug-likeness (QED) is 0.0211. The van der Waals surface area contributed by atoms with E-state index in [4.69, 9.17) is 22.3 Å². The van der Waals surface area contributed by atoms with Crippen LogP contribution in [0.25, 0.3) is 0 Å². The van der Waals surface area contributed by atoms with E-state index in [1.807, 2.05) is 0 Å². The van der Waals surface area contributed by atoms with E-state index in [-0.39, 0.29) is 24.7 Å². The first-order valence-corrected chi connectivity index (χ1v) is 22.2. The van der Waals surface area contributed by atoms with E-state index >= 15 is 0 Å². The minimum Gasteiger partial charge on any atom is -0.394 e. The van der Waals surface area contributed by atoms with Gasteiger partial charge in [0.15, 0.2) is 0 Å². The fourth-order valence-electron chi connectivity index (χ4n) is 6.09. The molecule has 67 heavy (non-hydrogen) atoms. The SMILES string of the molecule is CC[C@H](C)[C@H](NC(=O)[C@H](CC(N)=O)NC(=O)[C@H](CC(C)C)NC(=O)[C@H](CO)NC(=O)CNC(=O)[C@@H](N)CO)C(=O)NCC(=O)N[C@@H](CO)C(=O)N[C@@H](CC(C)C)C(=O)N[C@H](C=O)CCCCN. The van der Waals surface area contributed by atoms with Gasteiger partial charge < -0.3 is 85.2 Å². The molecule has 0 unspecified atom stereocenters. The van der Waals surface area contributed by atoms with Crippen LogP contribution in [0.2, 0.25) is 0 Å². The van der Waals surface area contributed by atoms with Gasteiger partial charge in [0.2, 0.25) is 59.1 Å². The Morgan fingerprint density at radius 2 is 0.985 bits per heavy atom. The number of aliphatic hydroxyl groups excluding tert-OH is 3. The normalized spacial score (nSPS) is 15.1. The van der Waals surface area contributed by atoms with Crippen LogP contribution in [-0.4, -0.2) is 168 Å². The molecule has 0 aromatic rings. The summed E-state index contributed by atoms with van der Waals surface area (Å²) in [6.45, 7) is 6.69. The third-order valence-corrected chi connectivity index (χ3v) is 10.0. The van der Waals surface area contributed by atoms with Crippen LogP contribution in [-0.2, 0) is 52.7 Å². The summed E-state index contributed by atoms with van der Waals surface area (Å²) in [6, 6.07) is -11.0. The maximum atomic E-state index is 13.7. The second-order valence-corrected chi connectivity index (χ2v) is 16.9. The molecule has 0 aromatic heterocycles. The number of nitrogens with one attached hydrogen (secondary N) is 9. The summed E-state index contributed by atoms with van der Waals surface area (Å²) in [5, 5.41) is 50.0. The highest BCUT2D eigenvalue weighted by Gasteiger charge is 2.35. The smallest absolute Gasteiger partial charge is 0.245 e. The van der Waals surface area contributed by atoms with E-state index in [2.05, 4.69) is 47.9 Å². The largest absolute Gasteiger partial charge is 0.394 e. The van der Waals surface area contributed by atoms with Crippen molar-refractivity contribution >= 4 is 65.4 Å². The average Bonchev–Trinajstić information content (AvgIpc) is 3.27. The van der Waals surface area contributed by atoms with Crippen LogP contribution in [0.3, 0.4) is 0 Å². The number of primary amides is 1. The maximum absolute atomic E-state index is 13.7. The Balaban J connectivity index is 5.93. The molecule has 0 saturated heterocycles. The van der Waals surface area contributed by atoms with Gasteiger partial charge in [-0.3, -0.25) is 47.9 Å². The topological polar surface area (TPSA) is 435 Å². The molecule has 382 valence electrons. The fourth-order valence-corrected chi connectivity index (χ4v) is 6.09. The molecule has 0 aromatic carbocycles. The lowest BCUT2D eigenvalue weighted by atomic mass is 9.97. The van der Waals surface area contributed by atoms with E-state index in [1.54, 1.807) is 41.5 Å². The Morgan fingerprint density at radius 3 is 1.39 bits per heavy atom. The zero-order valence-electron chi connectivity index (χ0n) is 39.2. The summed E-state index contributed by atoms with van der Waals surface area (Å²) in [6.07, 6.45) is 1.75. The minimum absolute atomic E-state index is 0.0475. The lowest BCUT2D eigenvalue weighted by Crippen LogP contribution is -2.60. The molecule has 10 amide bonds. The third kappa shape index (κ3) is 24.5. The summed E-state index contributed by atoms with van der Waals surface area (Å²) in [7, 11) is 0. The Hall–Kier alpha value is -5.83. The van der Waals surface area contributed by atoms with Crippen molar-refractivity contribution < 1.29 is 68.1 Å². The van der Waals surface area contributed by atoms with Gasteiger partial charge in [0.1, 0.15) is 48.6 Å². The number of hydrogen-bond donors (Lipinski definition) is 15. The molecule has 0 aliphatic rings. The summed E-state index contributed by atoms with van der Waals surface area (Å²) in [4.78, 5) is 141. The highest BCUT2D eigenvalue weighted by Crippen LogP contribution is 2.11. The number of hydrogen-bond acceptors (Lipinski definition) is 16. The molecule has 26 heteroatoms. The molecule has 0 saturated carbocycles. The first kappa shape index (κ1) is 61.2. The molecular formula is C41H74N12O14. The Morgan fingerprint density at radius 1 is 0.552 bits per heavy atom. The minimum atomic E-state index is -1.70. The molecule has 9 atom stereocenters. The van der Waals surface area contributed by atoms with E-state index in [1.165, 1.54) is 0 Å². The number of unbranched alkanes of at least 4 members (excludes halogenated alkanes) is 1. The molecular weight excluding hydrogens is 885 g/mol. The first-order valence-electron chi connectivity index (χ1n) is 22.2. The Bertz CT molecular complexity index is 1670. The van der Waals surface area contributed by atoms with Gasteiger partial charge in [-0.1, -0.05) is 48.0 Å². The first-order chi connectivity index (χ1) is 31.5. The van der Waals surface area contributed by atoms with Crippen molar-refractivity contribution in [2.45, 2.75) is 135 Å². The standard InChI is InChI=1S/C41H74N12O14/c1-7-23(6)34(41(67)46-16-33(60)49-29(19-56)39(65)50-26(12-21(2)3)36(62)47-24(17-54)10-8-9-11-42)53-38(64)28(14-31(44)58)52-37(63)27(13-22(4)5)51-40(66)30(20-57)48-32(59)15-45-35(61)25(43)18-55/h17,21-30,34,55-57H,7-16,18-20,42-43H2,1-6H3,(H2,44,58)(H,45,61)(H,46,67)(H,47,62)(H,48,59)(H,49,60)(H,50,65)(H,51,66)(H,52,63)(H,53,64)/t23-,24-,25-,26-,27-,28-,29-,30-,34-/m0/s1. The van der Waals surface area contributed by atoms with E-state index in [0.29, 0.717) is 38.5 Å². The zero-order valence-corrected chi connectivity index (χ0v) is 39.2. The van der Waals surface area contributed by atoms with Gasteiger partial charge in [0.25, 0.3) is 0 Å². The molecule has 0 aliphatic carbocycles. The fraction of sp³-hybridized carbons (Fsp3) is 0.732. The molecule has 0 heterocycles. The number of aliphatic hydroxyl groups is 3. The van der Waals surface area contributed by atoms with E-state index < -0.39 is 153 Å². The van der Waals surface area contributed by atoms with Gasteiger partial charge in [-0.2, -0.15) is 0 Å². The second-order valence-electron chi connectivity index (χ2n) is 16.9. The number of nitrogens with two attached hydrogens (primary N) is 3. The molecule has 0 aliphatic heterocycles. The summed E-state index contributed by atoms with van der Waals surface area (Å²) < 4.78 is 0. The van der Waals surface area contributed by atoms with Crippen molar-refractivity contribution in [2.24, 2.45) is 35.0 Å². The van der Waals surface area contributed by atoms with Crippen LogP contribution in [0.1, 0.15) is 86.5 Å². The Labute approximate surface area is 389 Å². The molecule has 0 rings (SSSR count). The number of aldehydes is 1. The van der Waals surface area contributed by atoms with Crippen molar-refractivity contribution in [3.05, 3.63) is 0 Å². The van der Waals surface area contributed by atoms with Gasteiger partial charge in [0.05, 0.1) is 45.4 Å². The van der Waals surface area contributed by atoms with Crippen LogP contribution in [0.4, 0.5) is 0 Å². The zero-order chi connectivity index (χ0) is 51.4. The third-order valence-electron chi connectivity index (χ3n) is 10.0. The molecule has 0 bridgehead atoms. The van der Waals surface area contributed by atoms with Crippen LogP contribution in [0, 0.1) is 17.8 Å². The number of carbonyl (C=O) groups is 11. The lowest BCUT2D eigenvalue weighted by molar-refractivity contribution is -0.136. The number of amides is 10. The second kappa shape index (κ2) is 32.8. The van der Waals surface area contributed by atoms with Crippen molar-refractivity contribution in [2.75, 3.05) is 39.5 Å². The predicted molar refractivity (Wildman–Crippen MR) is 240 cm³/mol.